The quantitative estimate of drug-likeness (QED) is 0.471. The summed E-state index contributed by atoms with van der Waals surface area (Å²) in [4.78, 5) is 26.9. The fourth-order valence-electron chi connectivity index (χ4n) is 3.94. The van der Waals surface area contributed by atoms with Crippen molar-refractivity contribution in [1.82, 2.24) is 19.5 Å². The zero-order chi connectivity index (χ0) is 22.8. The average Bonchev–Trinajstić information content (AvgIpc) is 2.77. The Morgan fingerprint density at radius 1 is 1.06 bits per heavy atom. The van der Waals surface area contributed by atoms with E-state index in [0.717, 1.165) is 11.3 Å². The lowest BCUT2D eigenvalue weighted by Crippen LogP contribution is -2.29. The van der Waals surface area contributed by atoms with Crippen molar-refractivity contribution in [3.05, 3.63) is 81.8 Å². The first-order chi connectivity index (χ1) is 15.4. The monoisotopic (exact) mass is 432 g/mol. The van der Waals surface area contributed by atoms with Crippen molar-refractivity contribution in [3.8, 4) is 5.69 Å². The molecule has 0 amide bonds. The molecule has 0 aliphatic rings. The third-order valence-electron chi connectivity index (χ3n) is 5.50. The summed E-state index contributed by atoms with van der Waals surface area (Å²) in [6, 6.07) is 13.2. The van der Waals surface area contributed by atoms with Gasteiger partial charge in [0.25, 0.3) is 5.56 Å². The normalized spacial score (nSPS) is 12.1. The van der Waals surface area contributed by atoms with Gasteiger partial charge in [0.2, 0.25) is 5.95 Å². The SMILES string of the molecule is CCc1c(C)nc(N)nc1NC(CC)c1nc2cccc(F)c2c(=O)n1-c1ccccc1. The molecule has 0 saturated heterocycles. The summed E-state index contributed by atoms with van der Waals surface area (Å²) >= 11 is 0. The number of benzene rings is 2. The first-order valence-corrected chi connectivity index (χ1v) is 10.6. The molecule has 0 radical (unpaired) electrons. The summed E-state index contributed by atoms with van der Waals surface area (Å²) in [5.41, 5.74) is 8.11. The average molecular weight is 433 g/mol. The van der Waals surface area contributed by atoms with Crippen LogP contribution in [0.4, 0.5) is 16.2 Å². The van der Waals surface area contributed by atoms with Gasteiger partial charge in [-0.2, -0.15) is 4.98 Å². The van der Waals surface area contributed by atoms with Crippen LogP contribution in [0.2, 0.25) is 0 Å². The number of nitrogen functional groups attached to an aromatic ring is 1. The summed E-state index contributed by atoms with van der Waals surface area (Å²) in [6.07, 6.45) is 1.32. The molecule has 0 bridgehead atoms. The molecule has 4 aromatic rings. The van der Waals surface area contributed by atoms with Crippen molar-refractivity contribution < 1.29 is 4.39 Å². The molecule has 32 heavy (non-hydrogen) atoms. The predicted molar refractivity (Wildman–Crippen MR) is 125 cm³/mol. The lowest BCUT2D eigenvalue weighted by Gasteiger charge is -2.23. The van der Waals surface area contributed by atoms with Gasteiger partial charge in [-0.1, -0.05) is 38.1 Å². The molecule has 2 aromatic heterocycles. The molecule has 4 rings (SSSR count). The summed E-state index contributed by atoms with van der Waals surface area (Å²) in [7, 11) is 0. The molecule has 0 aliphatic carbocycles. The minimum atomic E-state index is -0.593. The number of nitrogens with zero attached hydrogens (tertiary/aromatic N) is 4. The van der Waals surface area contributed by atoms with E-state index < -0.39 is 11.4 Å². The maximum absolute atomic E-state index is 14.6. The molecule has 3 N–H and O–H groups in total. The lowest BCUT2D eigenvalue weighted by molar-refractivity contribution is 0.629. The molecule has 0 saturated carbocycles. The molecule has 0 spiro atoms. The second-order valence-electron chi connectivity index (χ2n) is 7.53. The van der Waals surface area contributed by atoms with Gasteiger partial charge in [-0.05, 0) is 44.0 Å². The number of aromatic nitrogens is 4. The van der Waals surface area contributed by atoms with Gasteiger partial charge in [-0.3, -0.25) is 9.36 Å². The number of hydrogen-bond donors (Lipinski definition) is 2. The highest BCUT2D eigenvalue weighted by Crippen LogP contribution is 2.27. The number of fused-ring (bicyclic) bond motifs is 1. The van der Waals surface area contributed by atoms with E-state index in [1.165, 1.54) is 10.6 Å². The van der Waals surface area contributed by atoms with Crippen LogP contribution in [0.1, 0.15) is 43.4 Å². The van der Waals surface area contributed by atoms with E-state index in [0.29, 0.717) is 35.7 Å². The topological polar surface area (TPSA) is 98.7 Å². The molecular weight excluding hydrogens is 407 g/mol. The molecule has 1 unspecified atom stereocenters. The molecule has 2 heterocycles. The number of rotatable bonds is 6. The number of nitrogens with two attached hydrogens (primary N) is 1. The minimum Gasteiger partial charge on any atom is -0.368 e. The van der Waals surface area contributed by atoms with Crippen LogP contribution < -0.4 is 16.6 Å². The lowest BCUT2D eigenvalue weighted by atomic mass is 10.1. The third kappa shape index (κ3) is 3.79. The maximum Gasteiger partial charge on any atom is 0.269 e. The Balaban J connectivity index is 1.96. The second-order valence-corrected chi connectivity index (χ2v) is 7.53. The maximum atomic E-state index is 14.6. The van der Waals surface area contributed by atoms with E-state index in [1.807, 2.05) is 39.0 Å². The molecule has 164 valence electrons. The molecule has 8 heteroatoms. The van der Waals surface area contributed by atoms with E-state index in [4.69, 9.17) is 10.7 Å². The van der Waals surface area contributed by atoms with Crippen LogP contribution in [0.5, 0.6) is 0 Å². The van der Waals surface area contributed by atoms with E-state index in [9.17, 15) is 9.18 Å². The van der Waals surface area contributed by atoms with Crippen molar-refractivity contribution in [3.63, 3.8) is 0 Å². The Hall–Kier alpha value is -3.81. The molecular formula is C24H25FN6O. The van der Waals surface area contributed by atoms with Gasteiger partial charge in [0, 0.05) is 11.3 Å². The van der Waals surface area contributed by atoms with Crippen LogP contribution >= 0.6 is 0 Å². The summed E-state index contributed by atoms with van der Waals surface area (Å²) < 4.78 is 16.1. The Labute approximate surface area is 185 Å². The largest absolute Gasteiger partial charge is 0.368 e. The molecule has 2 aromatic carbocycles. The highest BCUT2D eigenvalue weighted by atomic mass is 19.1. The highest BCUT2D eigenvalue weighted by Gasteiger charge is 2.23. The van der Waals surface area contributed by atoms with E-state index in [-0.39, 0.29) is 17.4 Å². The van der Waals surface area contributed by atoms with Crippen molar-refractivity contribution in [2.45, 2.75) is 39.7 Å². The van der Waals surface area contributed by atoms with Crippen LogP contribution in [0, 0.1) is 12.7 Å². The van der Waals surface area contributed by atoms with Gasteiger partial charge in [-0.15, -0.1) is 0 Å². The summed E-state index contributed by atoms with van der Waals surface area (Å²) in [5, 5.41) is 3.38. The van der Waals surface area contributed by atoms with Crippen LogP contribution in [0.15, 0.2) is 53.3 Å². The second kappa shape index (κ2) is 8.74. The van der Waals surface area contributed by atoms with Gasteiger partial charge < -0.3 is 11.1 Å². The minimum absolute atomic E-state index is 0.0358. The van der Waals surface area contributed by atoms with Gasteiger partial charge in [0.1, 0.15) is 22.8 Å². The van der Waals surface area contributed by atoms with Crippen molar-refractivity contribution in [2.75, 3.05) is 11.1 Å². The third-order valence-corrected chi connectivity index (χ3v) is 5.50. The van der Waals surface area contributed by atoms with Crippen molar-refractivity contribution in [1.29, 1.82) is 0 Å². The summed E-state index contributed by atoms with van der Waals surface area (Å²) in [5.74, 6) is 0.659. The predicted octanol–water partition coefficient (Wildman–Crippen LogP) is 4.33. The van der Waals surface area contributed by atoms with E-state index in [2.05, 4.69) is 15.3 Å². The number of nitrogens with one attached hydrogen (secondary N) is 1. The van der Waals surface area contributed by atoms with Crippen LogP contribution in [0.25, 0.3) is 16.6 Å². The molecule has 0 aliphatic heterocycles. The Morgan fingerprint density at radius 3 is 2.50 bits per heavy atom. The standard InChI is InChI=1S/C24H25FN6O/c1-4-16-14(3)27-24(26)30-21(16)28-18(5-2)22-29-19-13-9-12-17(25)20(19)23(32)31(22)15-10-7-6-8-11-15/h6-13,18H,4-5H2,1-3H3,(H3,26,27,28,30). The first kappa shape index (κ1) is 21.4. The van der Waals surface area contributed by atoms with Crippen molar-refractivity contribution in [2.24, 2.45) is 0 Å². The number of anilines is 2. The number of para-hydroxylation sites is 1. The Kier molecular flexibility index (Phi) is 5.85. The fourth-order valence-corrected chi connectivity index (χ4v) is 3.94. The van der Waals surface area contributed by atoms with Gasteiger partial charge in [-0.25, -0.2) is 14.4 Å². The van der Waals surface area contributed by atoms with Gasteiger partial charge >= 0.3 is 0 Å². The van der Waals surface area contributed by atoms with E-state index in [1.54, 1.807) is 24.3 Å². The zero-order valence-corrected chi connectivity index (χ0v) is 18.3. The van der Waals surface area contributed by atoms with Crippen LogP contribution in [-0.4, -0.2) is 19.5 Å². The Morgan fingerprint density at radius 2 is 1.81 bits per heavy atom. The van der Waals surface area contributed by atoms with E-state index >= 15 is 0 Å². The number of halogens is 1. The molecule has 1 atom stereocenters. The zero-order valence-electron chi connectivity index (χ0n) is 18.3. The van der Waals surface area contributed by atoms with Gasteiger partial charge in [0.05, 0.1) is 17.2 Å². The van der Waals surface area contributed by atoms with Crippen molar-refractivity contribution >= 4 is 22.7 Å². The number of aryl methyl sites for hydroxylation is 1. The smallest absolute Gasteiger partial charge is 0.269 e. The van der Waals surface area contributed by atoms with Crippen LogP contribution in [-0.2, 0) is 6.42 Å². The van der Waals surface area contributed by atoms with Gasteiger partial charge in [0.15, 0.2) is 0 Å². The fraction of sp³-hybridized carbons (Fsp3) is 0.250. The highest BCUT2D eigenvalue weighted by molar-refractivity contribution is 5.78. The molecule has 7 nitrogen and oxygen atoms in total. The molecule has 0 fully saturated rings. The summed E-state index contributed by atoms with van der Waals surface area (Å²) in [6.45, 7) is 5.89. The Bertz CT molecular complexity index is 1340. The first-order valence-electron chi connectivity index (χ1n) is 10.6. The number of hydrogen-bond acceptors (Lipinski definition) is 6. The van der Waals surface area contributed by atoms with Crippen LogP contribution in [0.3, 0.4) is 0 Å².